The summed E-state index contributed by atoms with van der Waals surface area (Å²) in [5.41, 5.74) is 7.27. The zero-order valence-electron chi connectivity index (χ0n) is 10.4. The molecule has 1 heterocycles. The van der Waals surface area contributed by atoms with Crippen molar-refractivity contribution in [2.24, 2.45) is 11.1 Å². The van der Waals surface area contributed by atoms with Crippen molar-refractivity contribution in [3.8, 4) is 5.75 Å². The van der Waals surface area contributed by atoms with Gasteiger partial charge in [-0.05, 0) is 25.0 Å². The molecule has 0 radical (unpaired) electrons. The topological polar surface area (TPSA) is 79.4 Å². The van der Waals surface area contributed by atoms with Crippen LogP contribution in [-0.4, -0.2) is 27.8 Å². The minimum absolute atomic E-state index is 0.0141. The highest BCUT2D eigenvalue weighted by atomic mass is 35.5. The zero-order chi connectivity index (χ0) is 13.2. The number of nitrogens with two attached hydrogens (primary N) is 1. The van der Waals surface area contributed by atoms with E-state index in [2.05, 4.69) is 4.98 Å². The lowest BCUT2D eigenvalue weighted by atomic mass is 9.82. The minimum atomic E-state index is -0.373. The number of aromatic hydroxyl groups is 1. The second-order valence-corrected chi connectivity index (χ2v) is 5.36. The van der Waals surface area contributed by atoms with Crippen molar-refractivity contribution in [1.29, 1.82) is 0 Å². The highest BCUT2D eigenvalue weighted by Crippen LogP contribution is 2.27. The van der Waals surface area contributed by atoms with Gasteiger partial charge in [-0.25, -0.2) is 4.98 Å². The third-order valence-electron chi connectivity index (χ3n) is 3.10. The largest absolute Gasteiger partial charge is 0.505 e. The van der Waals surface area contributed by atoms with Gasteiger partial charge in [-0.2, -0.15) is 0 Å². The van der Waals surface area contributed by atoms with Crippen molar-refractivity contribution in [3.63, 3.8) is 0 Å². The van der Waals surface area contributed by atoms with Gasteiger partial charge in [0.1, 0.15) is 0 Å². The van der Waals surface area contributed by atoms with Crippen molar-refractivity contribution in [1.82, 2.24) is 4.98 Å². The van der Waals surface area contributed by atoms with Gasteiger partial charge in [0.05, 0.1) is 0 Å². The molecule has 0 aromatic carbocycles. The first kappa shape index (κ1) is 14.2. The first-order valence-corrected chi connectivity index (χ1v) is 5.87. The molecule has 1 atom stereocenters. The monoisotopic (exact) mass is 258 g/mol. The normalized spacial score (nSPS) is 13.8. The van der Waals surface area contributed by atoms with Crippen LogP contribution in [0.15, 0.2) is 6.07 Å². The summed E-state index contributed by atoms with van der Waals surface area (Å²) >= 11 is 5.71. The van der Waals surface area contributed by atoms with Crippen LogP contribution in [0.4, 0.5) is 0 Å². The van der Waals surface area contributed by atoms with Crippen LogP contribution in [0.3, 0.4) is 0 Å². The van der Waals surface area contributed by atoms with Crippen LogP contribution in [0, 0.1) is 12.3 Å². The molecular weight excluding hydrogens is 240 g/mol. The minimum Gasteiger partial charge on any atom is -0.505 e. The van der Waals surface area contributed by atoms with Gasteiger partial charge in [0, 0.05) is 23.8 Å². The summed E-state index contributed by atoms with van der Waals surface area (Å²) in [5, 5.41) is 18.9. The maximum absolute atomic E-state index is 9.51. The standard InChI is InChI=1S/C12H19ClN2O2/c1-7-8(4-9(17)11(13)15-7)5-10(14)12(2,3)6-16/h4,10,16-17H,5-6,14H2,1-3H3. The highest BCUT2D eigenvalue weighted by Gasteiger charge is 2.26. The number of aryl methyl sites for hydroxylation is 1. The molecule has 4 nitrogen and oxygen atoms in total. The molecule has 5 heteroatoms. The predicted octanol–water partition coefficient (Wildman–Crippen LogP) is 1.64. The van der Waals surface area contributed by atoms with E-state index in [0.717, 1.165) is 11.3 Å². The molecule has 1 rings (SSSR count). The fraction of sp³-hybridized carbons (Fsp3) is 0.583. The first-order valence-electron chi connectivity index (χ1n) is 5.49. The van der Waals surface area contributed by atoms with E-state index in [0.29, 0.717) is 6.42 Å². The fourth-order valence-electron chi connectivity index (χ4n) is 1.44. The number of halogens is 1. The van der Waals surface area contributed by atoms with Gasteiger partial charge in [0.25, 0.3) is 0 Å². The van der Waals surface area contributed by atoms with Crippen LogP contribution < -0.4 is 5.73 Å². The molecule has 96 valence electrons. The summed E-state index contributed by atoms with van der Waals surface area (Å²) in [6, 6.07) is 1.37. The van der Waals surface area contributed by atoms with E-state index in [4.69, 9.17) is 17.3 Å². The van der Waals surface area contributed by atoms with Crippen molar-refractivity contribution in [2.75, 3.05) is 6.61 Å². The van der Waals surface area contributed by atoms with E-state index < -0.39 is 0 Å². The number of pyridine rings is 1. The van der Waals surface area contributed by atoms with Gasteiger partial charge < -0.3 is 15.9 Å². The number of hydrogen-bond acceptors (Lipinski definition) is 4. The van der Waals surface area contributed by atoms with Gasteiger partial charge in [0.2, 0.25) is 0 Å². The Bertz CT molecular complexity index is 408. The number of aromatic nitrogens is 1. The molecule has 0 bridgehead atoms. The molecule has 1 aromatic heterocycles. The van der Waals surface area contributed by atoms with Crippen LogP contribution in [0.25, 0.3) is 0 Å². The van der Waals surface area contributed by atoms with Crippen molar-refractivity contribution in [2.45, 2.75) is 33.2 Å². The molecule has 0 fully saturated rings. The van der Waals surface area contributed by atoms with E-state index in [9.17, 15) is 10.2 Å². The zero-order valence-corrected chi connectivity index (χ0v) is 11.1. The molecule has 0 aliphatic heterocycles. The number of aliphatic hydroxyl groups excluding tert-OH is 1. The van der Waals surface area contributed by atoms with Crippen LogP contribution in [0.2, 0.25) is 5.15 Å². The summed E-state index contributed by atoms with van der Waals surface area (Å²) in [5.74, 6) is -0.0405. The fourth-order valence-corrected chi connectivity index (χ4v) is 1.62. The maximum Gasteiger partial charge on any atom is 0.171 e. The van der Waals surface area contributed by atoms with E-state index >= 15 is 0 Å². The van der Waals surface area contributed by atoms with Crippen molar-refractivity contribution >= 4 is 11.6 Å². The molecule has 0 saturated carbocycles. The van der Waals surface area contributed by atoms with E-state index in [1.54, 1.807) is 6.07 Å². The van der Waals surface area contributed by atoms with Gasteiger partial charge in [0.15, 0.2) is 10.9 Å². The maximum atomic E-state index is 9.51. The smallest absolute Gasteiger partial charge is 0.171 e. The molecule has 1 unspecified atom stereocenters. The quantitative estimate of drug-likeness (QED) is 0.718. The Hall–Kier alpha value is -0.840. The van der Waals surface area contributed by atoms with Crippen LogP contribution in [0.5, 0.6) is 5.75 Å². The molecule has 0 aliphatic carbocycles. The van der Waals surface area contributed by atoms with Crippen molar-refractivity contribution in [3.05, 3.63) is 22.5 Å². The van der Waals surface area contributed by atoms with Gasteiger partial charge in [-0.3, -0.25) is 0 Å². The van der Waals surface area contributed by atoms with Gasteiger partial charge in [-0.15, -0.1) is 0 Å². The SMILES string of the molecule is Cc1nc(Cl)c(O)cc1CC(N)C(C)(C)CO. The second kappa shape index (κ2) is 5.21. The number of aliphatic hydroxyl groups is 1. The Kier molecular flexibility index (Phi) is 4.36. The van der Waals surface area contributed by atoms with Gasteiger partial charge in [-0.1, -0.05) is 25.4 Å². The molecule has 17 heavy (non-hydrogen) atoms. The third kappa shape index (κ3) is 3.31. The van der Waals surface area contributed by atoms with Crippen molar-refractivity contribution < 1.29 is 10.2 Å². The third-order valence-corrected chi connectivity index (χ3v) is 3.38. The van der Waals surface area contributed by atoms with E-state index in [1.165, 1.54) is 0 Å². The van der Waals surface area contributed by atoms with E-state index in [-0.39, 0.29) is 29.0 Å². The predicted molar refractivity (Wildman–Crippen MR) is 68.2 cm³/mol. The Morgan fingerprint density at radius 3 is 2.65 bits per heavy atom. The lowest BCUT2D eigenvalue weighted by molar-refractivity contribution is 0.131. The second-order valence-electron chi connectivity index (χ2n) is 5.00. The Morgan fingerprint density at radius 2 is 2.12 bits per heavy atom. The highest BCUT2D eigenvalue weighted by molar-refractivity contribution is 6.30. The number of rotatable bonds is 4. The lowest BCUT2D eigenvalue weighted by Crippen LogP contribution is -2.41. The Labute approximate surface area is 106 Å². The number of hydrogen-bond donors (Lipinski definition) is 3. The molecule has 4 N–H and O–H groups in total. The molecule has 0 spiro atoms. The van der Waals surface area contributed by atoms with Crippen LogP contribution in [0.1, 0.15) is 25.1 Å². The average Bonchev–Trinajstić information content (AvgIpc) is 2.25. The lowest BCUT2D eigenvalue weighted by Gasteiger charge is -2.29. The molecule has 0 aliphatic rings. The van der Waals surface area contributed by atoms with Gasteiger partial charge >= 0.3 is 0 Å². The Balaban J connectivity index is 2.93. The molecular formula is C12H19ClN2O2. The van der Waals surface area contributed by atoms with E-state index in [1.807, 2.05) is 20.8 Å². The van der Waals surface area contributed by atoms with Crippen LogP contribution >= 0.6 is 11.6 Å². The molecule has 0 amide bonds. The molecule has 0 saturated heterocycles. The van der Waals surface area contributed by atoms with Crippen LogP contribution in [-0.2, 0) is 6.42 Å². The average molecular weight is 259 g/mol. The summed E-state index contributed by atoms with van der Waals surface area (Å²) in [6.07, 6.45) is 0.539. The summed E-state index contributed by atoms with van der Waals surface area (Å²) in [6.45, 7) is 5.63. The Morgan fingerprint density at radius 1 is 1.53 bits per heavy atom. The summed E-state index contributed by atoms with van der Waals surface area (Å²) in [7, 11) is 0. The first-order chi connectivity index (χ1) is 7.77. The summed E-state index contributed by atoms with van der Waals surface area (Å²) in [4.78, 5) is 4.03. The number of nitrogens with zero attached hydrogens (tertiary/aromatic N) is 1. The summed E-state index contributed by atoms with van der Waals surface area (Å²) < 4.78 is 0. The molecule has 1 aromatic rings.